The number of hydrogen-bond donors (Lipinski definition) is 1. The predicted octanol–water partition coefficient (Wildman–Crippen LogP) is 2.60. The molecule has 1 aliphatic heterocycles. The Balaban J connectivity index is 2.09. The predicted molar refractivity (Wildman–Crippen MR) is 117 cm³/mol. The number of nitrogens with zero attached hydrogens (tertiary/aromatic N) is 4. The average molecular weight is 460 g/mol. The zero-order valence-electron chi connectivity index (χ0n) is 17.9. The minimum Gasteiger partial charge on any atom is -0.354 e. The summed E-state index contributed by atoms with van der Waals surface area (Å²) in [5.41, 5.74) is 1.13. The Bertz CT molecular complexity index is 1090. The van der Waals surface area contributed by atoms with E-state index in [0.29, 0.717) is 23.4 Å². The molecule has 168 valence electrons. The van der Waals surface area contributed by atoms with Crippen LogP contribution in [0, 0.1) is 5.95 Å². The average Bonchev–Trinajstić information content (AvgIpc) is 2.76. The number of halogens is 2. The second-order valence-electron chi connectivity index (χ2n) is 7.49. The number of nitrogens with one attached hydrogen (secondary N) is 1. The molecule has 0 bridgehead atoms. The van der Waals surface area contributed by atoms with Crippen LogP contribution in [-0.4, -0.2) is 63.7 Å². The summed E-state index contributed by atoms with van der Waals surface area (Å²) < 4.78 is 14.1. The van der Waals surface area contributed by atoms with Crippen molar-refractivity contribution in [1.29, 1.82) is 0 Å². The summed E-state index contributed by atoms with van der Waals surface area (Å²) in [6.45, 7) is 7.47. The Labute approximate surface area is 190 Å². The van der Waals surface area contributed by atoms with Gasteiger partial charge in [0.1, 0.15) is 10.8 Å². The summed E-state index contributed by atoms with van der Waals surface area (Å²) >= 11 is 6.28. The molecule has 2 aromatic rings. The van der Waals surface area contributed by atoms with Gasteiger partial charge in [0.25, 0.3) is 5.91 Å². The molecule has 0 aromatic carbocycles. The SMILES string of the molecule is C=CC(=O)N1C[C@H](C)N(C(C)=O)[C@H](c2cc(Cl)nc(-c3cc(F)nc(C(=O)NC)c3)c2)C1. The molecule has 0 aliphatic carbocycles. The Morgan fingerprint density at radius 3 is 2.56 bits per heavy atom. The number of carbonyl (C=O) groups is 3. The lowest BCUT2D eigenvalue weighted by Crippen LogP contribution is -2.56. The van der Waals surface area contributed by atoms with Gasteiger partial charge in [-0.25, -0.2) is 9.97 Å². The molecule has 0 radical (unpaired) electrons. The van der Waals surface area contributed by atoms with Gasteiger partial charge in [0.2, 0.25) is 17.8 Å². The van der Waals surface area contributed by atoms with Crippen molar-refractivity contribution in [2.75, 3.05) is 20.1 Å². The number of pyridine rings is 2. The molecule has 10 heteroatoms. The maximum absolute atomic E-state index is 14.1. The highest BCUT2D eigenvalue weighted by Crippen LogP contribution is 2.33. The molecular formula is C22H23ClFN5O3. The van der Waals surface area contributed by atoms with Gasteiger partial charge in [0, 0.05) is 44.7 Å². The third-order valence-electron chi connectivity index (χ3n) is 5.29. The lowest BCUT2D eigenvalue weighted by molar-refractivity contribution is -0.143. The van der Waals surface area contributed by atoms with Gasteiger partial charge in [-0.3, -0.25) is 14.4 Å². The summed E-state index contributed by atoms with van der Waals surface area (Å²) in [6, 6.07) is 5.09. The molecule has 3 heterocycles. The van der Waals surface area contributed by atoms with Crippen LogP contribution in [0.4, 0.5) is 4.39 Å². The zero-order valence-corrected chi connectivity index (χ0v) is 18.7. The van der Waals surface area contributed by atoms with Gasteiger partial charge >= 0.3 is 0 Å². The van der Waals surface area contributed by atoms with Crippen LogP contribution in [-0.2, 0) is 9.59 Å². The first-order valence-corrected chi connectivity index (χ1v) is 10.3. The molecule has 0 spiro atoms. The molecule has 1 N–H and O–H groups in total. The van der Waals surface area contributed by atoms with Crippen LogP contribution < -0.4 is 5.32 Å². The van der Waals surface area contributed by atoms with E-state index in [-0.39, 0.29) is 35.2 Å². The van der Waals surface area contributed by atoms with E-state index < -0.39 is 17.9 Å². The number of aromatic nitrogens is 2. The molecule has 1 aliphatic rings. The lowest BCUT2D eigenvalue weighted by atomic mass is 9.98. The number of piperazine rings is 1. The van der Waals surface area contributed by atoms with E-state index in [2.05, 4.69) is 21.9 Å². The third-order valence-corrected chi connectivity index (χ3v) is 5.48. The summed E-state index contributed by atoms with van der Waals surface area (Å²) in [5.74, 6) is -1.78. The molecule has 1 fully saturated rings. The Hall–Kier alpha value is -3.33. The molecular weight excluding hydrogens is 437 g/mol. The largest absolute Gasteiger partial charge is 0.354 e. The number of amides is 3. The number of hydrogen-bond acceptors (Lipinski definition) is 5. The second kappa shape index (κ2) is 9.44. The van der Waals surface area contributed by atoms with Crippen molar-refractivity contribution in [1.82, 2.24) is 25.1 Å². The second-order valence-corrected chi connectivity index (χ2v) is 7.88. The molecule has 0 unspecified atom stereocenters. The van der Waals surface area contributed by atoms with Crippen molar-refractivity contribution in [3.8, 4) is 11.3 Å². The van der Waals surface area contributed by atoms with E-state index in [0.717, 1.165) is 6.07 Å². The number of rotatable bonds is 4. The van der Waals surface area contributed by atoms with Crippen molar-refractivity contribution in [2.24, 2.45) is 0 Å². The van der Waals surface area contributed by atoms with Gasteiger partial charge in [-0.2, -0.15) is 4.39 Å². The van der Waals surface area contributed by atoms with Crippen molar-refractivity contribution < 1.29 is 18.8 Å². The van der Waals surface area contributed by atoms with Gasteiger partial charge in [-0.15, -0.1) is 0 Å². The summed E-state index contributed by atoms with van der Waals surface area (Å²) in [5, 5.41) is 2.53. The van der Waals surface area contributed by atoms with Crippen LogP contribution in [0.25, 0.3) is 11.3 Å². The van der Waals surface area contributed by atoms with Crippen LogP contribution >= 0.6 is 11.6 Å². The summed E-state index contributed by atoms with van der Waals surface area (Å²) in [4.78, 5) is 47.8. The Morgan fingerprint density at radius 2 is 1.94 bits per heavy atom. The molecule has 3 rings (SSSR count). The highest BCUT2D eigenvalue weighted by molar-refractivity contribution is 6.29. The Kier molecular flexibility index (Phi) is 6.88. The minimum absolute atomic E-state index is 0.106. The monoisotopic (exact) mass is 459 g/mol. The topological polar surface area (TPSA) is 95.5 Å². The summed E-state index contributed by atoms with van der Waals surface area (Å²) in [7, 11) is 1.42. The van der Waals surface area contributed by atoms with E-state index >= 15 is 0 Å². The van der Waals surface area contributed by atoms with Crippen LogP contribution in [0.5, 0.6) is 0 Å². The highest BCUT2D eigenvalue weighted by atomic mass is 35.5. The molecule has 32 heavy (non-hydrogen) atoms. The van der Waals surface area contributed by atoms with E-state index in [1.165, 1.54) is 26.1 Å². The van der Waals surface area contributed by atoms with Crippen LogP contribution in [0.1, 0.15) is 35.9 Å². The van der Waals surface area contributed by atoms with E-state index in [9.17, 15) is 18.8 Å². The molecule has 2 aromatic heterocycles. The summed E-state index contributed by atoms with van der Waals surface area (Å²) in [6.07, 6.45) is 1.23. The number of carbonyl (C=O) groups excluding carboxylic acids is 3. The van der Waals surface area contributed by atoms with Gasteiger partial charge in [-0.1, -0.05) is 18.2 Å². The van der Waals surface area contributed by atoms with E-state index in [1.54, 1.807) is 21.9 Å². The normalized spacial score (nSPS) is 18.3. The molecule has 0 saturated carbocycles. The molecule has 8 nitrogen and oxygen atoms in total. The van der Waals surface area contributed by atoms with Crippen LogP contribution in [0.15, 0.2) is 36.9 Å². The van der Waals surface area contributed by atoms with Crippen LogP contribution in [0.2, 0.25) is 5.15 Å². The lowest BCUT2D eigenvalue weighted by Gasteiger charge is -2.45. The van der Waals surface area contributed by atoms with Gasteiger partial charge < -0.3 is 15.1 Å². The third kappa shape index (κ3) is 4.77. The molecule has 1 saturated heterocycles. The van der Waals surface area contributed by atoms with Gasteiger partial charge in [-0.05, 0) is 36.8 Å². The molecule has 3 amide bonds. The first-order chi connectivity index (χ1) is 15.1. The fourth-order valence-corrected chi connectivity index (χ4v) is 4.15. The highest BCUT2D eigenvalue weighted by Gasteiger charge is 2.36. The first kappa shape index (κ1) is 23.3. The smallest absolute Gasteiger partial charge is 0.269 e. The maximum atomic E-state index is 14.1. The van der Waals surface area contributed by atoms with Crippen molar-refractivity contribution >= 4 is 29.3 Å². The van der Waals surface area contributed by atoms with E-state index in [1.807, 2.05) is 6.92 Å². The van der Waals surface area contributed by atoms with Crippen LogP contribution in [0.3, 0.4) is 0 Å². The maximum Gasteiger partial charge on any atom is 0.269 e. The zero-order chi connectivity index (χ0) is 23.6. The standard InChI is InChI=1S/C22H23ClFN5O3/c1-5-21(31)28-10-12(2)29(13(3)30)18(11-28)15-7-16(26-19(23)8-15)14-6-17(22(32)25-4)27-20(24)9-14/h5-9,12,18H,1,10-11H2,2-4H3,(H,25,32)/t12-,18-/m0/s1. The van der Waals surface area contributed by atoms with E-state index in [4.69, 9.17) is 11.6 Å². The van der Waals surface area contributed by atoms with Crippen molar-refractivity contribution in [3.05, 3.63) is 59.3 Å². The van der Waals surface area contributed by atoms with Crippen molar-refractivity contribution in [3.63, 3.8) is 0 Å². The molecule has 2 atom stereocenters. The quantitative estimate of drug-likeness (QED) is 0.560. The van der Waals surface area contributed by atoms with Gasteiger partial charge in [0.15, 0.2) is 0 Å². The van der Waals surface area contributed by atoms with Gasteiger partial charge in [0.05, 0.1) is 11.7 Å². The van der Waals surface area contributed by atoms with Crippen molar-refractivity contribution in [2.45, 2.75) is 25.9 Å². The fourth-order valence-electron chi connectivity index (χ4n) is 3.94. The Morgan fingerprint density at radius 1 is 1.22 bits per heavy atom. The fraction of sp³-hybridized carbons (Fsp3) is 0.318. The minimum atomic E-state index is -0.844. The first-order valence-electron chi connectivity index (χ1n) is 9.92.